The van der Waals surface area contributed by atoms with Crippen molar-refractivity contribution < 1.29 is 117 Å². The monoisotopic (exact) mass is 1560 g/mol. The minimum Gasteiger partial charge on any atom is -0.748 e. The van der Waals surface area contributed by atoms with Gasteiger partial charge in [0.2, 0.25) is 11.6 Å². The Morgan fingerprint density at radius 1 is 0.956 bits per heavy atom. The van der Waals surface area contributed by atoms with Crippen LogP contribution in [-0.2, 0) is 118 Å². The smallest absolute Gasteiger partial charge is 0.326 e. The van der Waals surface area contributed by atoms with Crippen LogP contribution in [0, 0.1) is 6.92 Å². The van der Waals surface area contributed by atoms with E-state index in [1.807, 2.05) is 49.6 Å². The minimum absolute atomic E-state index is 0. The number of benzene rings is 4. The number of nitrogens with two attached hydrogens (primary N) is 1. The summed E-state index contributed by atoms with van der Waals surface area (Å²) in [6, 6.07) is 23.3. The molecular weight excluding hydrogens is 1490 g/mol. The fourth-order valence-corrected chi connectivity index (χ4v) is 13.3. The zero-order valence-electron chi connectivity index (χ0n) is 50.8. The fourth-order valence-electron chi connectivity index (χ4n) is 11.6. The van der Waals surface area contributed by atoms with Crippen LogP contribution in [0.15, 0.2) is 143 Å². The second-order valence-electron chi connectivity index (χ2n) is 23.5. The molecule has 23 nitrogen and oxygen atoms in total. The molecule has 3 aliphatic rings. The van der Waals surface area contributed by atoms with Crippen molar-refractivity contribution in [3.8, 4) is 5.75 Å². The average Bonchev–Trinajstić information content (AvgIpc) is 1.60. The molecule has 0 spiro atoms. The van der Waals surface area contributed by atoms with Crippen LogP contribution in [0.4, 0.5) is 23.0 Å². The molecular formula is C63H71N9O14S3WY. The maximum absolute atomic E-state index is 13.5. The number of carbonyl (C=O) groups excluding carboxylic acids is 1. The van der Waals surface area contributed by atoms with E-state index in [-0.39, 0.29) is 108 Å². The molecule has 0 saturated carbocycles. The van der Waals surface area contributed by atoms with Crippen LogP contribution in [-0.4, -0.2) is 117 Å². The third kappa shape index (κ3) is 18.2. The number of ether oxygens (including phenoxy) is 1. The van der Waals surface area contributed by atoms with Crippen LogP contribution < -0.4 is 31.6 Å². The fraction of sp³-hybridized carbons (Fsp3) is 0.349. The van der Waals surface area contributed by atoms with E-state index in [1.165, 1.54) is 6.20 Å². The molecule has 2 aliphatic heterocycles. The Bertz CT molecular complexity index is 4340. The number of allylic oxidation sites excluding steroid dienone is 7. The zero-order chi connectivity index (χ0) is 64.2. The van der Waals surface area contributed by atoms with Gasteiger partial charge in [0.25, 0.3) is 31.7 Å². The summed E-state index contributed by atoms with van der Waals surface area (Å²) >= 11 is 0. The van der Waals surface area contributed by atoms with Crippen molar-refractivity contribution in [1.82, 2.24) is 25.3 Å². The Labute approximate surface area is 568 Å². The summed E-state index contributed by atoms with van der Waals surface area (Å²) in [5, 5.41) is 16.1. The van der Waals surface area contributed by atoms with Crippen molar-refractivity contribution in [1.29, 1.82) is 0 Å². The van der Waals surface area contributed by atoms with Gasteiger partial charge in [-0.2, -0.15) is 26.4 Å². The number of fused-ring (bicyclic) bond motifs is 3. The number of hydrogen-bond acceptors (Lipinski definition) is 17. The van der Waals surface area contributed by atoms with E-state index in [4.69, 9.17) is 10.5 Å². The zero-order valence-corrected chi connectivity index (χ0v) is 59.0. The summed E-state index contributed by atoms with van der Waals surface area (Å²) in [6.07, 6.45) is 12.5. The molecule has 8 N–H and O–H groups in total. The third-order valence-electron chi connectivity index (χ3n) is 16.1. The summed E-state index contributed by atoms with van der Waals surface area (Å²) < 4.78 is 111. The molecule has 0 fully saturated rings. The van der Waals surface area contributed by atoms with Crippen LogP contribution >= 0.6 is 0 Å². The Hall–Kier alpha value is -6.61. The number of rotatable bonds is 25. The summed E-state index contributed by atoms with van der Waals surface area (Å²) in [6.45, 7) is 11.3. The van der Waals surface area contributed by atoms with Gasteiger partial charge < -0.3 is 35.7 Å². The van der Waals surface area contributed by atoms with Crippen LogP contribution in [0.3, 0.4) is 0 Å². The van der Waals surface area contributed by atoms with Gasteiger partial charge in [-0.05, 0) is 148 Å². The molecule has 4 heterocycles. The molecule has 1 amide bonds. The molecule has 1 atom stereocenters. The van der Waals surface area contributed by atoms with Crippen molar-refractivity contribution >= 4 is 82.1 Å². The number of amides is 1. The predicted molar refractivity (Wildman–Crippen MR) is 337 cm³/mol. The SMILES string of the molecule is Cc1ccc2c(c1)C(C)(C)/C(=C\C=C1/CCCC(/C=C/C3=[N+](CCCCS(=O)(=O)[O-])c4ccc(CS(=O)(=O)O)cc4C3(C)C)=C1O[14c]1c[14cH][13c]([14CH2][14C@H](NC(=O)c3ccc(NCc4cnc5nc(N)[nH]c(=O)c5n4)cc3)[14C](=O)O)[14cH][14cH]1)N2CCCCS(=O)(=O)O.[W].[Y]. The summed E-state index contributed by atoms with van der Waals surface area (Å²) in [5.74, 6) is -2.46. The standard InChI is InChI=1S/C63H71N9O14S3.W.Y/c1-39-13-25-51-48(33-39)62(2,3)53(71(51)29-6-8-31-87(77,78)79)27-19-42-11-10-12-43(20-28-54-63(4,5)49-34-41(38-89(83,84)85)16-26-52(49)72(54)30-7-9-32-88(80,81)82)56(42)86-47-23-14-40(15-24-47)35-50(60(75)76)68-58(73)44-17-21-45(22-18-44)65-36-46-37-66-57-55(67-46)59(74)70-61(64)69-57;;/h13-28,33-34,37,50H,6-12,29-32,35-36,38H2,1-5H3,(H8-,64,65,66,68,69,70,73,74,75,76,77,78,79,80,81,82,83,84,85);;/t50-;;/m0../s1/i14+2,15+2,23+2,35+2,40+1,47+2,50+2,60+2;;. The van der Waals surface area contributed by atoms with Gasteiger partial charge in [-0.3, -0.25) is 23.7 Å². The summed E-state index contributed by atoms with van der Waals surface area (Å²) in [5.41, 5.74) is 14.3. The molecule has 2 aromatic heterocycles. The van der Waals surface area contributed by atoms with Crippen LogP contribution in [0.2, 0.25) is 0 Å². The number of carbonyl (C=O) groups is 2. The van der Waals surface area contributed by atoms with Gasteiger partial charge in [-0.1, -0.05) is 55.8 Å². The molecule has 1 radical (unpaired) electrons. The van der Waals surface area contributed by atoms with Crippen molar-refractivity contribution in [3.05, 3.63) is 187 Å². The first kappa shape index (κ1) is 71.8. The van der Waals surface area contributed by atoms with Crippen molar-refractivity contribution in [3.63, 3.8) is 0 Å². The molecule has 0 unspecified atom stereocenters. The van der Waals surface area contributed by atoms with Crippen LogP contribution in [0.25, 0.3) is 11.2 Å². The number of nitrogens with one attached hydrogen (secondary N) is 3. The number of aromatic nitrogens is 4. The first-order chi connectivity index (χ1) is 41.9. The second-order valence-corrected chi connectivity index (χ2v) is 28.1. The number of unbranched alkanes of at least 4 members (excludes halogenated alkanes) is 2. The number of carboxylic acids is 1. The molecule has 6 aromatic rings. The van der Waals surface area contributed by atoms with E-state index >= 15 is 0 Å². The topological polar surface area (TPSA) is 357 Å². The largest absolute Gasteiger partial charge is 0.748 e. The molecule has 479 valence electrons. The number of H-pyrrole nitrogens is 1. The van der Waals surface area contributed by atoms with E-state index in [1.54, 1.807) is 66.7 Å². The molecule has 0 bridgehead atoms. The van der Waals surface area contributed by atoms with E-state index in [0.717, 1.165) is 57.0 Å². The minimum atomic E-state index is -4.47. The van der Waals surface area contributed by atoms with Gasteiger partial charge >= 0.3 is 5.97 Å². The number of nitrogens with zero attached hydrogens (tertiary/aromatic N) is 5. The first-order valence-electron chi connectivity index (χ1n) is 28.9. The Kier molecular flexibility index (Phi) is 23.3. The molecule has 4 aromatic carbocycles. The van der Waals surface area contributed by atoms with Gasteiger partial charge in [0.15, 0.2) is 16.9 Å². The van der Waals surface area contributed by atoms with Gasteiger partial charge in [0, 0.05) is 125 Å². The quantitative estimate of drug-likeness (QED) is 0.0162. The van der Waals surface area contributed by atoms with E-state index < -0.39 is 76.2 Å². The molecule has 91 heavy (non-hydrogen) atoms. The molecule has 1 aliphatic carbocycles. The van der Waals surface area contributed by atoms with Gasteiger partial charge in [-0.15, -0.1) is 0 Å². The average molecular weight is 1560 g/mol. The van der Waals surface area contributed by atoms with Gasteiger partial charge in [0.05, 0.1) is 39.7 Å². The number of anilines is 3. The predicted octanol–water partition coefficient (Wildman–Crippen LogP) is 8.08. The first-order valence-corrected chi connectivity index (χ1v) is 33.7. The Morgan fingerprint density at radius 3 is 2.37 bits per heavy atom. The molecule has 28 heteroatoms. The number of aliphatic carboxylic acids is 1. The maximum atomic E-state index is 13.5. The molecule has 9 rings (SSSR count). The summed E-state index contributed by atoms with van der Waals surface area (Å²) in [7, 11) is -13.0. The van der Waals surface area contributed by atoms with Crippen molar-refractivity contribution in [2.75, 3.05) is 40.5 Å². The van der Waals surface area contributed by atoms with Gasteiger partial charge in [0.1, 0.15) is 29.8 Å². The van der Waals surface area contributed by atoms with Crippen molar-refractivity contribution in [2.24, 2.45) is 0 Å². The number of nitrogen functional groups attached to an aromatic ring is 1. The number of aromatic amines is 1. The van der Waals surface area contributed by atoms with Crippen LogP contribution in [0.5, 0.6) is 5.75 Å². The Morgan fingerprint density at radius 2 is 1.69 bits per heavy atom. The maximum Gasteiger partial charge on any atom is 0.326 e. The number of carboxylic acid groups (broad SMARTS) is 1. The normalized spacial score (nSPS) is 16.6. The third-order valence-corrected chi connectivity index (χ3v) is 18.4. The Balaban J connectivity index is 0.00000588. The molecule has 0 saturated heterocycles. The van der Waals surface area contributed by atoms with E-state index in [2.05, 4.69) is 67.5 Å². The number of hydrogen-bond donors (Lipinski definition) is 7. The van der Waals surface area contributed by atoms with E-state index in [0.29, 0.717) is 72.8 Å². The second kappa shape index (κ2) is 29.6. The van der Waals surface area contributed by atoms with Gasteiger partial charge in [-0.25, -0.2) is 23.2 Å². The van der Waals surface area contributed by atoms with Crippen LogP contribution in [0.1, 0.15) is 117 Å². The van der Waals surface area contributed by atoms with E-state index in [9.17, 15) is 58.4 Å². The number of aryl methyl sites for hydroxylation is 1. The summed E-state index contributed by atoms with van der Waals surface area (Å²) in [4.78, 5) is 55.6. The van der Waals surface area contributed by atoms with Crippen molar-refractivity contribution in [2.45, 2.75) is 115 Å².